The maximum atomic E-state index is 12.1. The van der Waals surface area contributed by atoms with E-state index in [0.717, 1.165) is 6.42 Å². The summed E-state index contributed by atoms with van der Waals surface area (Å²) in [5.74, 6) is -0.375. The number of carbonyl (C=O) groups is 2. The van der Waals surface area contributed by atoms with Crippen molar-refractivity contribution in [3.63, 3.8) is 0 Å². The van der Waals surface area contributed by atoms with Gasteiger partial charge in [-0.3, -0.25) is 9.59 Å². The van der Waals surface area contributed by atoms with Crippen molar-refractivity contribution < 1.29 is 9.59 Å². The lowest BCUT2D eigenvalue weighted by Gasteiger charge is -2.17. The Labute approximate surface area is 121 Å². The predicted octanol–water partition coefficient (Wildman–Crippen LogP) is 1.63. The molecule has 0 fully saturated rings. The lowest BCUT2D eigenvalue weighted by atomic mass is 10.2. The van der Waals surface area contributed by atoms with Gasteiger partial charge in [-0.2, -0.15) is 0 Å². The SMILES string of the molecule is CCCNC(=O)CN(C)C(=O)c1ccc(N)c(Br)c1. The van der Waals surface area contributed by atoms with E-state index >= 15 is 0 Å². The number of hydrogen-bond acceptors (Lipinski definition) is 3. The van der Waals surface area contributed by atoms with Crippen LogP contribution < -0.4 is 11.1 Å². The molecule has 0 spiro atoms. The van der Waals surface area contributed by atoms with Gasteiger partial charge in [0, 0.05) is 29.3 Å². The number of halogens is 1. The standard InChI is InChI=1S/C13H18BrN3O2/c1-3-6-16-12(18)8-17(2)13(19)9-4-5-11(15)10(14)7-9/h4-5,7H,3,6,8,15H2,1-2H3,(H,16,18). The van der Waals surface area contributed by atoms with Crippen molar-refractivity contribution in [3.05, 3.63) is 28.2 Å². The average Bonchev–Trinajstić information content (AvgIpc) is 2.38. The number of hydrogen-bond donors (Lipinski definition) is 2. The summed E-state index contributed by atoms with van der Waals surface area (Å²) in [5, 5.41) is 2.73. The highest BCUT2D eigenvalue weighted by atomic mass is 79.9. The summed E-state index contributed by atoms with van der Waals surface area (Å²) in [7, 11) is 1.60. The van der Waals surface area contributed by atoms with Crippen LogP contribution in [-0.4, -0.2) is 36.9 Å². The highest BCUT2D eigenvalue weighted by Crippen LogP contribution is 2.21. The minimum absolute atomic E-state index is 0.0425. The van der Waals surface area contributed by atoms with E-state index in [4.69, 9.17) is 5.73 Å². The number of carbonyl (C=O) groups excluding carboxylic acids is 2. The van der Waals surface area contributed by atoms with Crippen LogP contribution in [0, 0.1) is 0 Å². The van der Waals surface area contributed by atoms with Gasteiger partial charge < -0.3 is 16.0 Å². The first-order chi connectivity index (χ1) is 8.95. The van der Waals surface area contributed by atoms with E-state index in [1.165, 1.54) is 4.90 Å². The van der Waals surface area contributed by atoms with E-state index in [0.29, 0.717) is 22.3 Å². The van der Waals surface area contributed by atoms with Crippen LogP contribution in [0.25, 0.3) is 0 Å². The minimum Gasteiger partial charge on any atom is -0.398 e. The van der Waals surface area contributed by atoms with Gasteiger partial charge >= 0.3 is 0 Å². The third kappa shape index (κ3) is 4.55. The van der Waals surface area contributed by atoms with E-state index in [1.807, 2.05) is 6.92 Å². The van der Waals surface area contributed by atoms with Crippen molar-refractivity contribution in [1.82, 2.24) is 10.2 Å². The summed E-state index contributed by atoms with van der Waals surface area (Å²) in [5.41, 5.74) is 6.73. The molecule has 19 heavy (non-hydrogen) atoms. The van der Waals surface area contributed by atoms with E-state index < -0.39 is 0 Å². The van der Waals surface area contributed by atoms with Gasteiger partial charge in [0.25, 0.3) is 5.91 Å². The van der Waals surface area contributed by atoms with Crippen LogP contribution in [0.15, 0.2) is 22.7 Å². The van der Waals surface area contributed by atoms with Crippen molar-refractivity contribution in [1.29, 1.82) is 0 Å². The molecule has 0 aromatic heterocycles. The van der Waals surface area contributed by atoms with Crippen molar-refractivity contribution in [2.24, 2.45) is 0 Å². The number of nitrogens with zero attached hydrogens (tertiary/aromatic N) is 1. The summed E-state index contributed by atoms with van der Waals surface area (Å²) in [6.45, 7) is 2.64. The molecule has 0 atom stereocenters. The molecule has 0 radical (unpaired) electrons. The molecule has 0 aliphatic rings. The monoisotopic (exact) mass is 327 g/mol. The van der Waals surface area contributed by atoms with Crippen molar-refractivity contribution in [2.45, 2.75) is 13.3 Å². The molecule has 1 aromatic rings. The fourth-order valence-corrected chi connectivity index (χ4v) is 1.87. The third-order valence-corrected chi connectivity index (χ3v) is 3.23. The number of likely N-dealkylation sites (N-methyl/N-ethyl adjacent to an activating group) is 1. The van der Waals surface area contributed by atoms with Crippen LogP contribution in [0.3, 0.4) is 0 Å². The zero-order chi connectivity index (χ0) is 14.4. The van der Waals surface area contributed by atoms with Crippen molar-refractivity contribution in [2.75, 3.05) is 25.9 Å². The lowest BCUT2D eigenvalue weighted by molar-refractivity contribution is -0.121. The Morgan fingerprint density at radius 2 is 2.11 bits per heavy atom. The van der Waals surface area contributed by atoms with Crippen LogP contribution in [0.4, 0.5) is 5.69 Å². The average molecular weight is 328 g/mol. The van der Waals surface area contributed by atoms with Crippen molar-refractivity contribution >= 4 is 33.4 Å². The number of benzene rings is 1. The van der Waals surface area contributed by atoms with Gasteiger partial charge in [-0.1, -0.05) is 6.92 Å². The van der Waals surface area contributed by atoms with Gasteiger partial charge in [-0.15, -0.1) is 0 Å². The molecule has 2 amide bonds. The Bertz CT molecular complexity index is 477. The maximum absolute atomic E-state index is 12.1. The number of anilines is 1. The third-order valence-electron chi connectivity index (χ3n) is 2.55. The van der Waals surface area contributed by atoms with E-state index in [2.05, 4.69) is 21.2 Å². The number of nitrogens with two attached hydrogens (primary N) is 1. The quantitative estimate of drug-likeness (QED) is 0.807. The molecule has 0 aliphatic carbocycles. The fourth-order valence-electron chi connectivity index (χ4n) is 1.49. The normalized spacial score (nSPS) is 10.1. The number of nitrogen functional groups attached to an aromatic ring is 1. The van der Waals surface area contributed by atoms with Gasteiger partial charge in [0.15, 0.2) is 0 Å². The van der Waals surface area contributed by atoms with Crippen LogP contribution in [0.1, 0.15) is 23.7 Å². The largest absolute Gasteiger partial charge is 0.398 e. The van der Waals surface area contributed by atoms with Crippen LogP contribution in [-0.2, 0) is 4.79 Å². The smallest absolute Gasteiger partial charge is 0.254 e. The molecular weight excluding hydrogens is 310 g/mol. The van der Waals surface area contributed by atoms with Crippen LogP contribution >= 0.6 is 15.9 Å². The Morgan fingerprint density at radius 1 is 1.42 bits per heavy atom. The summed E-state index contributed by atoms with van der Waals surface area (Å²) in [4.78, 5) is 25.0. The molecule has 3 N–H and O–H groups in total. The Hall–Kier alpha value is -1.56. The lowest BCUT2D eigenvalue weighted by Crippen LogP contribution is -2.38. The van der Waals surface area contributed by atoms with Crippen LogP contribution in [0.5, 0.6) is 0 Å². The highest BCUT2D eigenvalue weighted by Gasteiger charge is 2.15. The second-order valence-corrected chi connectivity index (χ2v) is 5.10. The van der Waals surface area contributed by atoms with Crippen molar-refractivity contribution in [3.8, 4) is 0 Å². The first kappa shape index (κ1) is 15.5. The van der Waals surface area contributed by atoms with Gasteiger partial charge in [0.05, 0.1) is 6.54 Å². The zero-order valence-corrected chi connectivity index (χ0v) is 12.7. The van der Waals surface area contributed by atoms with E-state index in [1.54, 1.807) is 25.2 Å². The van der Waals surface area contributed by atoms with E-state index in [-0.39, 0.29) is 18.4 Å². The molecule has 0 saturated heterocycles. The molecule has 104 valence electrons. The summed E-state index contributed by atoms with van der Waals surface area (Å²) in [6.07, 6.45) is 0.869. The van der Waals surface area contributed by atoms with Crippen LogP contribution in [0.2, 0.25) is 0 Å². The highest BCUT2D eigenvalue weighted by molar-refractivity contribution is 9.10. The number of rotatable bonds is 5. The molecule has 0 saturated carbocycles. The molecule has 0 bridgehead atoms. The molecular formula is C13H18BrN3O2. The molecule has 5 nitrogen and oxygen atoms in total. The summed E-state index contributed by atoms with van der Waals surface area (Å²) < 4.78 is 0.669. The topological polar surface area (TPSA) is 75.4 Å². The first-order valence-corrected chi connectivity index (χ1v) is 6.82. The molecule has 0 aliphatic heterocycles. The molecule has 0 heterocycles. The molecule has 1 rings (SSSR count). The minimum atomic E-state index is -0.215. The van der Waals surface area contributed by atoms with Gasteiger partial charge in [-0.05, 0) is 40.5 Å². The van der Waals surface area contributed by atoms with E-state index in [9.17, 15) is 9.59 Å². The molecule has 0 unspecified atom stereocenters. The summed E-state index contributed by atoms with van der Waals surface area (Å²) in [6, 6.07) is 4.95. The number of amides is 2. The van der Waals surface area contributed by atoms with Gasteiger partial charge in [-0.25, -0.2) is 0 Å². The predicted molar refractivity (Wildman–Crippen MR) is 78.8 cm³/mol. The number of nitrogens with one attached hydrogen (secondary N) is 1. The molecule has 1 aromatic carbocycles. The second-order valence-electron chi connectivity index (χ2n) is 4.25. The maximum Gasteiger partial charge on any atom is 0.254 e. The zero-order valence-electron chi connectivity index (χ0n) is 11.1. The Morgan fingerprint density at radius 3 is 2.68 bits per heavy atom. The Kier molecular flexibility index (Phi) is 5.82. The molecule has 6 heteroatoms. The Balaban J connectivity index is 2.66. The van der Waals surface area contributed by atoms with Gasteiger partial charge in [0.2, 0.25) is 5.91 Å². The fraction of sp³-hybridized carbons (Fsp3) is 0.385. The summed E-state index contributed by atoms with van der Waals surface area (Å²) >= 11 is 3.27. The van der Waals surface area contributed by atoms with Gasteiger partial charge in [0.1, 0.15) is 0 Å². The first-order valence-electron chi connectivity index (χ1n) is 6.03. The second kappa shape index (κ2) is 7.13.